The van der Waals surface area contributed by atoms with Gasteiger partial charge in [0, 0.05) is 0 Å². The minimum atomic E-state index is -0.547. The van der Waals surface area contributed by atoms with E-state index in [0.717, 1.165) is 4.90 Å². The third-order valence-electron chi connectivity index (χ3n) is 3.81. The molecule has 0 bridgehead atoms. The molecule has 2 N–H and O–H groups in total. The zero-order valence-corrected chi connectivity index (χ0v) is 14.0. The molecule has 1 heterocycles. The average molecular weight is 356 g/mol. The van der Waals surface area contributed by atoms with Crippen molar-refractivity contribution in [2.24, 2.45) is 0 Å². The van der Waals surface area contributed by atoms with E-state index in [2.05, 4.69) is 5.32 Å². The molecule has 0 radical (unpaired) electrons. The Morgan fingerprint density at radius 2 is 1.92 bits per heavy atom. The monoisotopic (exact) mass is 356 g/mol. The molecule has 0 saturated carbocycles. The van der Waals surface area contributed by atoms with Crippen molar-refractivity contribution in [2.75, 3.05) is 6.61 Å². The zero-order chi connectivity index (χ0) is 18.7. The van der Waals surface area contributed by atoms with Crippen molar-refractivity contribution in [1.29, 1.82) is 0 Å². The molecule has 0 unspecified atom stereocenters. The Bertz CT molecular complexity index is 878. The van der Waals surface area contributed by atoms with Crippen LogP contribution in [0.5, 0.6) is 11.5 Å². The van der Waals surface area contributed by atoms with E-state index >= 15 is 0 Å². The summed E-state index contributed by atoms with van der Waals surface area (Å²) in [5.74, 6) is -0.579. The number of carbonyl (C=O) groups excluding carboxylic acids is 2. The van der Waals surface area contributed by atoms with Crippen LogP contribution in [-0.2, 0) is 11.3 Å². The van der Waals surface area contributed by atoms with E-state index in [-0.39, 0.29) is 23.8 Å². The smallest absolute Gasteiger partial charge is 0.329 e. The van der Waals surface area contributed by atoms with Crippen molar-refractivity contribution >= 4 is 18.0 Å². The molecule has 26 heavy (non-hydrogen) atoms. The van der Waals surface area contributed by atoms with Crippen molar-refractivity contribution in [3.05, 3.63) is 65.1 Å². The number of phenols is 1. The molecule has 0 aromatic heterocycles. The molecule has 1 aliphatic heterocycles. The number of halogens is 1. The number of carbonyl (C=O) groups is 2. The van der Waals surface area contributed by atoms with Gasteiger partial charge in [-0.25, -0.2) is 9.18 Å². The first-order valence-corrected chi connectivity index (χ1v) is 8.02. The molecule has 2 aromatic rings. The number of imide groups is 1. The molecule has 134 valence electrons. The van der Waals surface area contributed by atoms with Gasteiger partial charge in [0.15, 0.2) is 11.5 Å². The van der Waals surface area contributed by atoms with Crippen LogP contribution in [0.2, 0.25) is 0 Å². The first kappa shape index (κ1) is 17.5. The third-order valence-corrected chi connectivity index (χ3v) is 3.81. The summed E-state index contributed by atoms with van der Waals surface area (Å²) in [5, 5.41) is 12.3. The maximum absolute atomic E-state index is 13.0. The van der Waals surface area contributed by atoms with E-state index in [1.54, 1.807) is 19.1 Å². The molecule has 6 nitrogen and oxygen atoms in total. The number of benzene rings is 2. The second-order valence-electron chi connectivity index (χ2n) is 5.67. The number of hydrogen-bond acceptors (Lipinski definition) is 4. The van der Waals surface area contributed by atoms with Gasteiger partial charge >= 0.3 is 6.03 Å². The lowest BCUT2D eigenvalue weighted by Crippen LogP contribution is -2.30. The zero-order valence-electron chi connectivity index (χ0n) is 14.0. The molecule has 0 spiro atoms. The lowest BCUT2D eigenvalue weighted by atomic mass is 10.1. The van der Waals surface area contributed by atoms with E-state index in [1.165, 1.54) is 36.4 Å². The van der Waals surface area contributed by atoms with Crippen molar-refractivity contribution in [1.82, 2.24) is 10.2 Å². The highest BCUT2D eigenvalue weighted by atomic mass is 19.1. The Hall–Kier alpha value is -3.35. The van der Waals surface area contributed by atoms with Gasteiger partial charge in [-0.15, -0.1) is 0 Å². The summed E-state index contributed by atoms with van der Waals surface area (Å²) in [6.07, 6.45) is 1.51. The number of ether oxygens (including phenoxy) is 1. The van der Waals surface area contributed by atoms with Gasteiger partial charge in [0.2, 0.25) is 0 Å². The van der Waals surface area contributed by atoms with Crippen LogP contribution >= 0.6 is 0 Å². The lowest BCUT2D eigenvalue weighted by molar-refractivity contribution is -0.123. The first-order chi connectivity index (χ1) is 12.5. The highest BCUT2D eigenvalue weighted by Gasteiger charge is 2.33. The largest absolute Gasteiger partial charge is 0.504 e. The van der Waals surface area contributed by atoms with E-state index in [0.29, 0.717) is 23.5 Å². The first-order valence-electron chi connectivity index (χ1n) is 8.02. The van der Waals surface area contributed by atoms with Gasteiger partial charge in [0.25, 0.3) is 5.91 Å². The van der Waals surface area contributed by atoms with Crippen LogP contribution in [-0.4, -0.2) is 28.6 Å². The molecule has 0 aliphatic carbocycles. The molecule has 0 atom stereocenters. The number of urea groups is 1. The summed E-state index contributed by atoms with van der Waals surface area (Å²) in [5.41, 5.74) is 1.35. The molecule has 3 amide bonds. The maximum Gasteiger partial charge on any atom is 0.329 e. The number of nitrogens with zero attached hydrogens (tertiary/aromatic N) is 1. The Kier molecular flexibility index (Phi) is 4.88. The minimum absolute atomic E-state index is 0.00581. The summed E-state index contributed by atoms with van der Waals surface area (Å²) in [4.78, 5) is 25.6. The normalized spacial score (nSPS) is 15.5. The molecule has 1 saturated heterocycles. The molecule has 1 aliphatic rings. The van der Waals surface area contributed by atoms with Gasteiger partial charge in [-0.1, -0.05) is 18.2 Å². The molecule has 1 fully saturated rings. The van der Waals surface area contributed by atoms with Crippen LogP contribution in [0.4, 0.5) is 9.18 Å². The lowest BCUT2D eigenvalue weighted by Gasteiger charge is -2.11. The van der Waals surface area contributed by atoms with Crippen LogP contribution in [0.15, 0.2) is 48.2 Å². The summed E-state index contributed by atoms with van der Waals surface area (Å²) in [7, 11) is 0. The summed E-state index contributed by atoms with van der Waals surface area (Å²) in [6.45, 7) is 2.22. The van der Waals surface area contributed by atoms with Gasteiger partial charge in [-0.2, -0.15) is 0 Å². The average Bonchev–Trinajstić information content (AvgIpc) is 2.87. The highest BCUT2D eigenvalue weighted by molar-refractivity contribution is 6.13. The van der Waals surface area contributed by atoms with Crippen LogP contribution in [0.3, 0.4) is 0 Å². The molecule has 2 aromatic carbocycles. The number of hydrogen-bond donors (Lipinski definition) is 2. The molecular weight excluding hydrogens is 339 g/mol. The number of amides is 3. The van der Waals surface area contributed by atoms with Gasteiger partial charge in [-0.05, 0) is 48.4 Å². The topological polar surface area (TPSA) is 78.9 Å². The van der Waals surface area contributed by atoms with Gasteiger partial charge in [0.05, 0.1) is 13.2 Å². The van der Waals surface area contributed by atoms with Crippen LogP contribution in [0.1, 0.15) is 18.1 Å². The Labute approximate surface area is 149 Å². The Balaban J connectivity index is 1.80. The third kappa shape index (κ3) is 3.66. The van der Waals surface area contributed by atoms with Gasteiger partial charge < -0.3 is 15.2 Å². The number of phenolic OH excluding ortho intramolecular Hbond substituents is 1. The maximum atomic E-state index is 13.0. The van der Waals surface area contributed by atoms with Crippen molar-refractivity contribution in [2.45, 2.75) is 13.5 Å². The van der Waals surface area contributed by atoms with Crippen LogP contribution in [0, 0.1) is 5.82 Å². The Morgan fingerprint density at radius 1 is 1.19 bits per heavy atom. The summed E-state index contributed by atoms with van der Waals surface area (Å²) >= 11 is 0. The van der Waals surface area contributed by atoms with E-state index in [4.69, 9.17) is 4.74 Å². The van der Waals surface area contributed by atoms with E-state index in [9.17, 15) is 19.1 Å². The fourth-order valence-corrected chi connectivity index (χ4v) is 2.55. The number of rotatable bonds is 5. The number of nitrogens with one attached hydrogen (secondary N) is 1. The van der Waals surface area contributed by atoms with Crippen LogP contribution in [0.25, 0.3) is 6.08 Å². The van der Waals surface area contributed by atoms with Gasteiger partial charge in [0.1, 0.15) is 11.5 Å². The SMILES string of the molecule is CCOc1cc(/C=C2/NC(=O)N(Cc3ccc(F)cc3)C2=O)ccc1O. The summed E-state index contributed by atoms with van der Waals surface area (Å²) < 4.78 is 18.3. The quantitative estimate of drug-likeness (QED) is 0.638. The van der Waals surface area contributed by atoms with Crippen molar-refractivity contribution in [3.8, 4) is 11.5 Å². The second kappa shape index (κ2) is 7.26. The second-order valence-corrected chi connectivity index (χ2v) is 5.67. The molecule has 7 heteroatoms. The molecular formula is C19H17FN2O4. The predicted molar refractivity (Wildman–Crippen MR) is 92.7 cm³/mol. The predicted octanol–water partition coefficient (Wildman–Crippen LogP) is 3.02. The fourth-order valence-electron chi connectivity index (χ4n) is 2.55. The standard InChI is InChI=1S/C19H17FN2O4/c1-2-26-17-10-13(5-8-16(17)23)9-15-18(24)22(19(25)21-15)11-12-3-6-14(20)7-4-12/h3-10,23H,2,11H2,1H3,(H,21,25)/b15-9+. The van der Waals surface area contributed by atoms with Gasteiger partial charge in [-0.3, -0.25) is 9.69 Å². The van der Waals surface area contributed by atoms with Crippen molar-refractivity contribution in [3.63, 3.8) is 0 Å². The van der Waals surface area contributed by atoms with E-state index in [1.807, 2.05) is 0 Å². The van der Waals surface area contributed by atoms with Crippen LogP contribution < -0.4 is 10.1 Å². The molecule has 3 rings (SSSR count). The minimum Gasteiger partial charge on any atom is -0.504 e. The highest BCUT2D eigenvalue weighted by Crippen LogP contribution is 2.28. The van der Waals surface area contributed by atoms with E-state index < -0.39 is 11.9 Å². The summed E-state index contributed by atoms with van der Waals surface area (Å²) in [6, 6.07) is 9.68. The fraction of sp³-hybridized carbons (Fsp3) is 0.158. The Morgan fingerprint density at radius 3 is 2.62 bits per heavy atom. The van der Waals surface area contributed by atoms with Crippen molar-refractivity contribution < 1.29 is 23.8 Å². The number of aromatic hydroxyl groups is 1.